The molecule has 0 aromatic carbocycles. The van der Waals surface area contributed by atoms with Gasteiger partial charge in [-0.3, -0.25) is 4.90 Å². The molecule has 0 saturated heterocycles. The van der Waals surface area contributed by atoms with Crippen molar-refractivity contribution in [2.45, 2.75) is 33.4 Å². The molecule has 1 aromatic rings. The van der Waals surface area contributed by atoms with Gasteiger partial charge in [0.1, 0.15) is 0 Å². The van der Waals surface area contributed by atoms with Gasteiger partial charge in [0.2, 0.25) is 0 Å². The molecule has 1 aromatic heterocycles. The molecule has 0 bridgehead atoms. The van der Waals surface area contributed by atoms with Gasteiger partial charge in [0.05, 0.1) is 10.7 Å². The van der Waals surface area contributed by atoms with Crippen LogP contribution in [0.25, 0.3) is 0 Å². The maximum atomic E-state index is 5.67. The predicted octanol–water partition coefficient (Wildman–Crippen LogP) is 1.87. The zero-order chi connectivity index (χ0) is 11.4. The molecule has 0 aliphatic heterocycles. The summed E-state index contributed by atoms with van der Waals surface area (Å²) in [6, 6.07) is 0.497. The van der Waals surface area contributed by atoms with Gasteiger partial charge in [-0.2, -0.15) is 0 Å². The van der Waals surface area contributed by atoms with Crippen LogP contribution in [-0.2, 0) is 6.54 Å². The Balaban J connectivity index is 2.51. The molecule has 2 N–H and O–H groups in total. The Morgan fingerprint density at radius 2 is 2.20 bits per heavy atom. The third-order valence-electron chi connectivity index (χ3n) is 2.97. The molecular formula is C11H21N3S. The Morgan fingerprint density at radius 1 is 1.53 bits per heavy atom. The fourth-order valence-electron chi connectivity index (χ4n) is 1.51. The van der Waals surface area contributed by atoms with E-state index in [0.29, 0.717) is 12.0 Å². The standard InChI is InChI=1S/C11H21N3S/c1-8(5-12)9(2)14(4)6-11-7-15-10(3)13-11/h7-9H,5-6,12H2,1-4H3. The molecule has 1 heterocycles. The number of rotatable bonds is 5. The maximum absolute atomic E-state index is 5.67. The average Bonchev–Trinajstić information content (AvgIpc) is 2.61. The van der Waals surface area contributed by atoms with Crippen LogP contribution in [0.2, 0.25) is 0 Å². The van der Waals surface area contributed by atoms with Gasteiger partial charge in [-0.1, -0.05) is 6.92 Å². The smallest absolute Gasteiger partial charge is 0.0897 e. The average molecular weight is 227 g/mol. The number of thiazole rings is 1. The molecule has 3 nitrogen and oxygen atoms in total. The second-order valence-electron chi connectivity index (χ2n) is 4.23. The van der Waals surface area contributed by atoms with E-state index in [2.05, 4.69) is 36.2 Å². The Hall–Kier alpha value is -0.450. The van der Waals surface area contributed by atoms with Crippen LogP contribution < -0.4 is 5.73 Å². The number of hydrogen-bond acceptors (Lipinski definition) is 4. The van der Waals surface area contributed by atoms with E-state index >= 15 is 0 Å². The molecular weight excluding hydrogens is 206 g/mol. The predicted molar refractivity (Wildman–Crippen MR) is 66.0 cm³/mol. The number of aromatic nitrogens is 1. The van der Waals surface area contributed by atoms with Crippen molar-refractivity contribution >= 4 is 11.3 Å². The van der Waals surface area contributed by atoms with E-state index in [9.17, 15) is 0 Å². The van der Waals surface area contributed by atoms with Crippen LogP contribution in [0.15, 0.2) is 5.38 Å². The molecule has 0 fully saturated rings. The van der Waals surface area contributed by atoms with Crippen LogP contribution in [-0.4, -0.2) is 29.5 Å². The van der Waals surface area contributed by atoms with E-state index < -0.39 is 0 Å². The van der Waals surface area contributed by atoms with Crippen LogP contribution in [0, 0.1) is 12.8 Å². The van der Waals surface area contributed by atoms with Crippen molar-refractivity contribution in [2.75, 3.05) is 13.6 Å². The molecule has 4 heteroatoms. The Labute approximate surface area is 96.3 Å². The molecule has 0 aliphatic carbocycles. The minimum atomic E-state index is 0.497. The van der Waals surface area contributed by atoms with E-state index in [4.69, 9.17) is 5.73 Å². The third kappa shape index (κ3) is 3.55. The van der Waals surface area contributed by atoms with Gasteiger partial charge in [-0.05, 0) is 33.4 Å². The van der Waals surface area contributed by atoms with Crippen LogP contribution >= 0.6 is 11.3 Å². The topological polar surface area (TPSA) is 42.2 Å². The minimum absolute atomic E-state index is 0.497. The monoisotopic (exact) mass is 227 g/mol. The van der Waals surface area contributed by atoms with E-state index in [0.717, 1.165) is 23.8 Å². The number of aryl methyl sites for hydroxylation is 1. The Morgan fingerprint density at radius 3 is 2.67 bits per heavy atom. The van der Waals surface area contributed by atoms with Crippen LogP contribution in [0.4, 0.5) is 0 Å². The second-order valence-corrected chi connectivity index (χ2v) is 5.29. The number of nitrogens with zero attached hydrogens (tertiary/aromatic N) is 2. The van der Waals surface area contributed by atoms with Gasteiger partial charge in [0.25, 0.3) is 0 Å². The van der Waals surface area contributed by atoms with Crippen molar-refractivity contribution in [1.29, 1.82) is 0 Å². The van der Waals surface area contributed by atoms with Crippen LogP contribution in [0.1, 0.15) is 24.5 Å². The molecule has 0 aliphatic rings. The molecule has 86 valence electrons. The molecule has 0 saturated carbocycles. The van der Waals surface area contributed by atoms with Crippen molar-refractivity contribution < 1.29 is 0 Å². The van der Waals surface area contributed by atoms with Gasteiger partial charge >= 0.3 is 0 Å². The summed E-state index contributed by atoms with van der Waals surface area (Å²) in [7, 11) is 2.13. The van der Waals surface area contributed by atoms with Crippen molar-refractivity contribution in [3.05, 3.63) is 16.1 Å². The van der Waals surface area contributed by atoms with Gasteiger partial charge in [-0.25, -0.2) is 4.98 Å². The lowest BCUT2D eigenvalue weighted by Gasteiger charge is -2.28. The highest BCUT2D eigenvalue weighted by Gasteiger charge is 2.16. The van der Waals surface area contributed by atoms with Crippen molar-refractivity contribution in [3.63, 3.8) is 0 Å². The van der Waals surface area contributed by atoms with Gasteiger partial charge < -0.3 is 5.73 Å². The Kier molecular flexibility index (Phi) is 4.70. The SMILES string of the molecule is Cc1nc(CN(C)C(C)C(C)CN)cs1. The third-order valence-corrected chi connectivity index (χ3v) is 3.79. The molecule has 0 spiro atoms. The number of hydrogen-bond donors (Lipinski definition) is 1. The molecule has 2 atom stereocenters. The molecule has 0 amide bonds. The molecule has 1 rings (SSSR count). The highest BCUT2D eigenvalue weighted by molar-refractivity contribution is 7.09. The van der Waals surface area contributed by atoms with Crippen LogP contribution in [0.3, 0.4) is 0 Å². The maximum Gasteiger partial charge on any atom is 0.0897 e. The zero-order valence-corrected chi connectivity index (χ0v) is 10.8. The first-order chi connectivity index (χ1) is 7.04. The second kappa shape index (κ2) is 5.58. The minimum Gasteiger partial charge on any atom is -0.330 e. The first kappa shape index (κ1) is 12.6. The fraction of sp³-hybridized carbons (Fsp3) is 0.727. The van der Waals surface area contributed by atoms with Crippen molar-refractivity contribution in [2.24, 2.45) is 11.7 Å². The molecule has 15 heavy (non-hydrogen) atoms. The lowest BCUT2D eigenvalue weighted by atomic mass is 10.0. The summed E-state index contributed by atoms with van der Waals surface area (Å²) in [5.41, 5.74) is 6.83. The summed E-state index contributed by atoms with van der Waals surface area (Å²) in [6.07, 6.45) is 0. The highest BCUT2D eigenvalue weighted by atomic mass is 32.1. The summed E-state index contributed by atoms with van der Waals surface area (Å²) < 4.78 is 0. The van der Waals surface area contributed by atoms with Crippen molar-refractivity contribution in [1.82, 2.24) is 9.88 Å². The summed E-state index contributed by atoms with van der Waals surface area (Å²) >= 11 is 1.71. The first-order valence-corrected chi connectivity index (χ1v) is 6.24. The normalized spacial score (nSPS) is 15.6. The lowest BCUT2D eigenvalue weighted by molar-refractivity contribution is 0.193. The highest BCUT2D eigenvalue weighted by Crippen LogP contribution is 2.14. The summed E-state index contributed by atoms with van der Waals surface area (Å²) in [5.74, 6) is 0.523. The summed E-state index contributed by atoms with van der Waals surface area (Å²) in [5, 5.41) is 3.27. The fourth-order valence-corrected chi connectivity index (χ4v) is 2.12. The number of nitrogens with two attached hydrogens (primary N) is 1. The largest absolute Gasteiger partial charge is 0.330 e. The van der Waals surface area contributed by atoms with Gasteiger partial charge in [0.15, 0.2) is 0 Å². The van der Waals surface area contributed by atoms with E-state index in [-0.39, 0.29) is 0 Å². The van der Waals surface area contributed by atoms with E-state index in [1.165, 1.54) is 0 Å². The molecule has 2 unspecified atom stereocenters. The summed E-state index contributed by atoms with van der Waals surface area (Å²) in [4.78, 5) is 6.78. The van der Waals surface area contributed by atoms with Gasteiger partial charge in [0, 0.05) is 18.0 Å². The van der Waals surface area contributed by atoms with E-state index in [1.807, 2.05) is 6.92 Å². The first-order valence-electron chi connectivity index (χ1n) is 5.36. The van der Waals surface area contributed by atoms with E-state index in [1.54, 1.807) is 11.3 Å². The van der Waals surface area contributed by atoms with Crippen molar-refractivity contribution in [3.8, 4) is 0 Å². The lowest BCUT2D eigenvalue weighted by Crippen LogP contribution is -2.37. The van der Waals surface area contributed by atoms with Crippen LogP contribution in [0.5, 0.6) is 0 Å². The quantitative estimate of drug-likeness (QED) is 0.835. The summed E-state index contributed by atoms with van der Waals surface area (Å²) in [6.45, 7) is 8.10. The molecule has 0 radical (unpaired) electrons. The Bertz CT molecular complexity index is 298. The van der Waals surface area contributed by atoms with Gasteiger partial charge in [-0.15, -0.1) is 11.3 Å². The zero-order valence-electron chi connectivity index (χ0n) is 10.0.